The van der Waals surface area contributed by atoms with Crippen molar-refractivity contribution in [1.82, 2.24) is 9.80 Å². The van der Waals surface area contributed by atoms with Crippen LogP contribution in [-0.2, 0) is 9.47 Å². The molecule has 2 rings (SSSR count). The molecule has 0 unspecified atom stereocenters. The third-order valence-electron chi connectivity index (χ3n) is 4.18. The summed E-state index contributed by atoms with van der Waals surface area (Å²) in [4.78, 5) is 12.5. The number of isothiocyanates is 2. The Labute approximate surface area is 155 Å². The van der Waals surface area contributed by atoms with Crippen molar-refractivity contribution in [1.29, 1.82) is 0 Å². The molecule has 0 saturated carbocycles. The second kappa shape index (κ2) is 11.9. The molecule has 0 radical (unpaired) electrons. The first-order chi connectivity index (χ1) is 11.5. The molecule has 2 saturated heterocycles. The van der Waals surface area contributed by atoms with Gasteiger partial charge >= 0.3 is 0 Å². The molecule has 4 atom stereocenters. The second-order valence-corrected chi connectivity index (χ2v) is 6.63. The minimum atomic E-state index is 0.130. The van der Waals surface area contributed by atoms with Gasteiger partial charge in [-0.05, 0) is 52.4 Å². The number of nitrogens with zero attached hydrogens (tertiary/aromatic N) is 4. The molecular weight excluding hydrogens is 344 g/mol. The number of hydrogen-bond acceptors (Lipinski definition) is 8. The van der Waals surface area contributed by atoms with Gasteiger partial charge in [0, 0.05) is 26.2 Å². The van der Waals surface area contributed by atoms with Crippen LogP contribution >= 0.6 is 24.4 Å². The molecule has 0 aromatic carbocycles. The lowest BCUT2D eigenvalue weighted by molar-refractivity contribution is -0.0286. The Bertz CT molecular complexity index is 425. The highest BCUT2D eigenvalue weighted by molar-refractivity contribution is 7.78. The van der Waals surface area contributed by atoms with E-state index in [9.17, 15) is 0 Å². The van der Waals surface area contributed by atoms with Crippen molar-refractivity contribution in [2.75, 3.05) is 53.5 Å². The fourth-order valence-electron chi connectivity index (χ4n) is 2.54. The van der Waals surface area contributed by atoms with E-state index >= 15 is 0 Å². The smallest absolute Gasteiger partial charge is 0.0930 e. The van der Waals surface area contributed by atoms with Gasteiger partial charge in [0.05, 0.1) is 47.8 Å². The number of hydrogen-bond donors (Lipinski definition) is 0. The van der Waals surface area contributed by atoms with Crippen molar-refractivity contribution < 1.29 is 9.47 Å². The van der Waals surface area contributed by atoms with E-state index in [1.54, 1.807) is 0 Å². The quantitative estimate of drug-likeness (QED) is 0.552. The molecule has 6 nitrogen and oxygen atoms in total. The number of aliphatic imine (C=N–C) groups is 2. The lowest BCUT2D eigenvalue weighted by Crippen LogP contribution is -2.44. The van der Waals surface area contributed by atoms with Gasteiger partial charge in [0.1, 0.15) is 0 Å². The minimum Gasteiger partial charge on any atom is -0.373 e. The van der Waals surface area contributed by atoms with Gasteiger partial charge in [-0.15, -0.1) is 0 Å². The Morgan fingerprint density at radius 2 is 1.25 bits per heavy atom. The molecule has 0 N–H and O–H groups in total. The lowest BCUT2D eigenvalue weighted by Gasteiger charge is -2.31. The van der Waals surface area contributed by atoms with Gasteiger partial charge in [-0.2, -0.15) is 0 Å². The van der Waals surface area contributed by atoms with Crippen molar-refractivity contribution in [3.05, 3.63) is 0 Å². The maximum Gasteiger partial charge on any atom is 0.0930 e. The molecule has 2 heterocycles. The van der Waals surface area contributed by atoms with Crippen molar-refractivity contribution in [3.8, 4) is 0 Å². The molecule has 2 aliphatic rings. The minimum absolute atomic E-state index is 0.130. The summed E-state index contributed by atoms with van der Waals surface area (Å²) in [6, 6.07) is 0.260. The van der Waals surface area contributed by atoms with Gasteiger partial charge in [-0.25, -0.2) is 9.98 Å². The van der Waals surface area contributed by atoms with Crippen LogP contribution < -0.4 is 0 Å². The molecule has 0 aliphatic carbocycles. The molecule has 0 aromatic rings. The average Bonchev–Trinajstić information content (AvgIpc) is 2.56. The van der Waals surface area contributed by atoms with E-state index in [-0.39, 0.29) is 24.3 Å². The average molecular weight is 373 g/mol. The van der Waals surface area contributed by atoms with Gasteiger partial charge < -0.3 is 19.3 Å². The second-order valence-electron chi connectivity index (χ2n) is 6.26. The van der Waals surface area contributed by atoms with E-state index in [0.717, 1.165) is 39.4 Å². The molecule has 8 heteroatoms. The number of thiocarbonyl (C=S) groups is 2. The highest BCUT2D eigenvalue weighted by Crippen LogP contribution is 2.10. The van der Waals surface area contributed by atoms with Crippen LogP contribution in [0.15, 0.2) is 9.98 Å². The molecule has 0 aromatic heterocycles. The monoisotopic (exact) mass is 372 g/mol. The SMILES string of the molecule is C[C@@H](N=C=S)[C@@H]1CN(C)CCO1.C[C@@H](N=C=S)[C@H]1CN(C)CCO1. The van der Waals surface area contributed by atoms with Crippen LogP contribution in [0.25, 0.3) is 0 Å². The van der Waals surface area contributed by atoms with Crippen LogP contribution in [0.3, 0.4) is 0 Å². The Morgan fingerprint density at radius 1 is 0.875 bits per heavy atom. The summed E-state index contributed by atoms with van der Waals surface area (Å²) in [6.07, 6.45) is 0.360. The predicted octanol–water partition coefficient (Wildman–Crippen LogP) is 1.62. The van der Waals surface area contributed by atoms with E-state index in [1.807, 2.05) is 13.8 Å². The molecule has 0 amide bonds. The maximum absolute atomic E-state index is 5.54. The lowest BCUT2D eigenvalue weighted by atomic mass is 10.1. The topological polar surface area (TPSA) is 49.7 Å². The highest BCUT2D eigenvalue weighted by atomic mass is 32.1. The van der Waals surface area contributed by atoms with Crippen LogP contribution in [0, 0.1) is 0 Å². The van der Waals surface area contributed by atoms with Gasteiger partial charge in [0.15, 0.2) is 0 Å². The van der Waals surface area contributed by atoms with Gasteiger partial charge in [0.25, 0.3) is 0 Å². The Balaban J connectivity index is 0.000000240. The predicted molar refractivity (Wildman–Crippen MR) is 103 cm³/mol. The van der Waals surface area contributed by atoms with Crippen LogP contribution in [-0.4, -0.2) is 97.9 Å². The fourth-order valence-corrected chi connectivity index (χ4v) is 2.87. The Morgan fingerprint density at radius 3 is 1.54 bits per heavy atom. The molecule has 24 heavy (non-hydrogen) atoms. The summed E-state index contributed by atoms with van der Waals surface area (Å²) in [5.41, 5.74) is 0. The van der Waals surface area contributed by atoms with Crippen molar-refractivity contribution in [2.24, 2.45) is 9.98 Å². The van der Waals surface area contributed by atoms with Crippen molar-refractivity contribution in [2.45, 2.75) is 38.1 Å². The summed E-state index contributed by atoms with van der Waals surface area (Å²) < 4.78 is 11.1. The van der Waals surface area contributed by atoms with Crippen molar-refractivity contribution >= 4 is 34.8 Å². The Hall–Kier alpha value is -0.560. The summed E-state index contributed by atoms with van der Waals surface area (Å²) >= 11 is 9.08. The first kappa shape index (κ1) is 21.5. The summed E-state index contributed by atoms with van der Waals surface area (Å²) in [5.74, 6) is 0. The number of morpholine rings is 2. The molecule has 0 bridgehead atoms. The number of rotatable bonds is 4. The van der Waals surface area contributed by atoms with Crippen LogP contribution in [0.2, 0.25) is 0 Å². The third-order valence-corrected chi connectivity index (χ3v) is 4.39. The van der Waals surface area contributed by atoms with Gasteiger partial charge in [0.2, 0.25) is 0 Å². The van der Waals surface area contributed by atoms with E-state index in [1.165, 1.54) is 0 Å². The molecule has 0 spiro atoms. The molecule has 2 aliphatic heterocycles. The third kappa shape index (κ3) is 8.01. The zero-order valence-electron chi connectivity index (χ0n) is 15.0. The van der Waals surface area contributed by atoms with Crippen LogP contribution in [0.1, 0.15) is 13.8 Å². The molecule has 136 valence electrons. The Kier molecular flexibility index (Phi) is 10.7. The van der Waals surface area contributed by atoms with E-state index in [4.69, 9.17) is 9.47 Å². The standard InChI is InChI=1S/2C8H14N2OS/c2*1-7(9-6-12)8-5-10(2)3-4-11-8/h2*7-8H,3-5H2,1-2H3/t7-,8+;7-,8-/m11/s1. The molecule has 2 fully saturated rings. The van der Waals surface area contributed by atoms with E-state index in [2.05, 4.69) is 68.6 Å². The summed E-state index contributed by atoms with van der Waals surface area (Å²) in [5, 5.41) is 4.78. The van der Waals surface area contributed by atoms with Crippen LogP contribution in [0.5, 0.6) is 0 Å². The summed E-state index contributed by atoms with van der Waals surface area (Å²) in [7, 11) is 4.17. The first-order valence-electron chi connectivity index (χ1n) is 8.22. The van der Waals surface area contributed by atoms with E-state index < -0.39 is 0 Å². The normalized spacial score (nSPS) is 27.7. The summed E-state index contributed by atoms with van der Waals surface area (Å²) in [6.45, 7) is 9.46. The van der Waals surface area contributed by atoms with Crippen molar-refractivity contribution in [3.63, 3.8) is 0 Å². The highest BCUT2D eigenvalue weighted by Gasteiger charge is 2.23. The maximum atomic E-state index is 5.54. The number of likely N-dealkylation sites (N-methyl/N-ethyl adjacent to an activating group) is 2. The van der Waals surface area contributed by atoms with Gasteiger partial charge in [-0.1, -0.05) is 0 Å². The number of ether oxygens (including phenoxy) is 2. The zero-order chi connectivity index (χ0) is 17.9. The molecular formula is C16H28N4O2S2. The fraction of sp³-hybridized carbons (Fsp3) is 0.875. The largest absolute Gasteiger partial charge is 0.373 e. The van der Waals surface area contributed by atoms with E-state index in [0.29, 0.717) is 0 Å². The first-order valence-corrected chi connectivity index (χ1v) is 9.03. The van der Waals surface area contributed by atoms with Crippen LogP contribution in [0.4, 0.5) is 0 Å². The zero-order valence-corrected chi connectivity index (χ0v) is 16.6. The van der Waals surface area contributed by atoms with Gasteiger partial charge in [-0.3, -0.25) is 0 Å².